The summed E-state index contributed by atoms with van der Waals surface area (Å²) in [5.41, 5.74) is 0. The molecule has 2 unspecified atom stereocenters. The molecule has 0 bridgehead atoms. The van der Waals surface area contributed by atoms with Crippen molar-refractivity contribution in [3.63, 3.8) is 0 Å². The minimum absolute atomic E-state index is 0.525. The van der Waals surface area contributed by atoms with E-state index in [1.807, 2.05) is 0 Å². The topological polar surface area (TPSA) is 40.2 Å². The van der Waals surface area contributed by atoms with Gasteiger partial charge in [0.2, 0.25) is 0 Å². The van der Waals surface area contributed by atoms with Crippen LogP contribution in [0.25, 0.3) is 0 Å². The summed E-state index contributed by atoms with van der Waals surface area (Å²) >= 11 is 0. The first-order chi connectivity index (χ1) is 6.73. The Morgan fingerprint density at radius 1 is 1.07 bits per heavy atom. The lowest BCUT2D eigenvalue weighted by molar-refractivity contribution is 0.115. The second-order valence-electron chi connectivity index (χ2n) is 4.05. The highest BCUT2D eigenvalue weighted by Crippen LogP contribution is 2.45. The molecule has 0 aromatic rings. The zero-order chi connectivity index (χ0) is 10.2. The van der Waals surface area contributed by atoms with Gasteiger partial charge in [0.15, 0.2) is 0 Å². The van der Waals surface area contributed by atoms with Crippen LogP contribution in [-0.2, 0) is 18.0 Å². The molecule has 0 radical (unpaired) electrons. The van der Waals surface area contributed by atoms with E-state index in [9.17, 15) is 0 Å². The van der Waals surface area contributed by atoms with Crippen molar-refractivity contribution in [3.05, 3.63) is 0 Å². The van der Waals surface area contributed by atoms with Gasteiger partial charge in [-0.05, 0) is 18.8 Å². The van der Waals surface area contributed by atoms with Gasteiger partial charge in [0.25, 0.3) is 0 Å². The highest BCUT2D eigenvalue weighted by Gasteiger charge is 2.52. The summed E-state index contributed by atoms with van der Waals surface area (Å²) in [7, 11) is 2.67. The lowest BCUT2D eigenvalue weighted by Crippen LogP contribution is -2.44. The van der Waals surface area contributed by atoms with Crippen molar-refractivity contribution in [3.8, 4) is 0 Å². The highest BCUT2D eigenvalue weighted by molar-refractivity contribution is 6.60. The average molecular weight is 218 g/mol. The Hall–Kier alpha value is 0.0569. The van der Waals surface area contributed by atoms with Crippen LogP contribution in [0.5, 0.6) is 0 Å². The van der Waals surface area contributed by atoms with E-state index in [0.717, 1.165) is 18.9 Å². The Bertz CT molecular complexity index is 189. The van der Waals surface area contributed by atoms with Gasteiger partial charge in [-0.2, -0.15) is 0 Å². The first-order valence-electron chi connectivity index (χ1n) is 5.04. The predicted octanol–water partition coefficient (Wildman–Crippen LogP) is 1.04. The van der Waals surface area contributed by atoms with E-state index in [1.165, 1.54) is 0 Å². The van der Waals surface area contributed by atoms with Crippen LogP contribution in [0.3, 0.4) is 0 Å². The molecular formula is C9H18O4Si. The Morgan fingerprint density at radius 3 is 2.00 bits per heavy atom. The molecule has 0 amide bonds. The van der Waals surface area contributed by atoms with Gasteiger partial charge >= 0.3 is 8.80 Å². The number of hydrogen-bond donors (Lipinski definition) is 0. The Morgan fingerprint density at radius 2 is 1.57 bits per heavy atom. The zero-order valence-corrected chi connectivity index (χ0v) is 9.99. The van der Waals surface area contributed by atoms with Crippen LogP contribution in [-0.4, -0.2) is 42.3 Å². The second kappa shape index (κ2) is 3.90. The summed E-state index contributed by atoms with van der Waals surface area (Å²) in [6.07, 6.45) is 3.35. The molecule has 1 heterocycles. The van der Waals surface area contributed by atoms with Crippen LogP contribution in [0.15, 0.2) is 0 Å². The minimum Gasteiger partial charge on any atom is -0.377 e. The van der Waals surface area contributed by atoms with Crippen molar-refractivity contribution >= 4 is 8.80 Å². The van der Waals surface area contributed by atoms with E-state index in [1.54, 1.807) is 21.3 Å². The first-order valence-corrected chi connectivity index (χ1v) is 6.97. The molecule has 2 fully saturated rings. The molecule has 1 aliphatic heterocycles. The standard InChI is InChI=1S/C9H18O4Si/c1-10-14(11-2,12-3)6-7-4-8-9(5-7)13-8/h7-9H,4-6H2,1-3H3. The van der Waals surface area contributed by atoms with Crippen LogP contribution >= 0.6 is 0 Å². The summed E-state index contributed by atoms with van der Waals surface area (Å²) in [6, 6.07) is 0.923. The van der Waals surface area contributed by atoms with Gasteiger partial charge in [-0.15, -0.1) is 0 Å². The summed E-state index contributed by atoms with van der Waals surface area (Å²) in [5.74, 6) is 0.658. The number of ether oxygens (including phenoxy) is 1. The van der Waals surface area contributed by atoms with E-state index in [0.29, 0.717) is 18.1 Å². The average Bonchev–Trinajstić information content (AvgIpc) is 2.84. The number of fused-ring (bicyclic) bond motifs is 1. The molecule has 2 atom stereocenters. The molecule has 2 aliphatic rings. The molecular weight excluding hydrogens is 200 g/mol. The maximum Gasteiger partial charge on any atom is 0.500 e. The molecule has 0 aromatic carbocycles. The highest BCUT2D eigenvalue weighted by atomic mass is 28.4. The first kappa shape index (κ1) is 10.6. The molecule has 1 saturated heterocycles. The van der Waals surface area contributed by atoms with Gasteiger partial charge in [0.1, 0.15) is 0 Å². The molecule has 2 rings (SSSR count). The molecule has 4 nitrogen and oxygen atoms in total. The van der Waals surface area contributed by atoms with Crippen molar-refractivity contribution in [2.45, 2.75) is 31.1 Å². The SMILES string of the molecule is CO[Si](CC1CC2OC2C1)(OC)OC. The van der Waals surface area contributed by atoms with E-state index < -0.39 is 8.80 Å². The molecule has 0 aromatic heterocycles. The second-order valence-corrected chi connectivity index (χ2v) is 7.05. The molecule has 5 heteroatoms. The zero-order valence-electron chi connectivity index (χ0n) is 8.99. The lowest BCUT2D eigenvalue weighted by Gasteiger charge is -2.27. The van der Waals surface area contributed by atoms with Gasteiger partial charge in [-0.3, -0.25) is 0 Å². The molecule has 82 valence electrons. The number of epoxide rings is 1. The van der Waals surface area contributed by atoms with Gasteiger partial charge < -0.3 is 18.0 Å². The van der Waals surface area contributed by atoms with Crippen LogP contribution in [0, 0.1) is 5.92 Å². The van der Waals surface area contributed by atoms with Crippen molar-refractivity contribution in [2.24, 2.45) is 5.92 Å². The fourth-order valence-corrected chi connectivity index (χ4v) is 4.41. The third kappa shape index (κ3) is 1.87. The number of hydrogen-bond acceptors (Lipinski definition) is 4. The van der Waals surface area contributed by atoms with Crippen LogP contribution in [0.1, 0.15) is 12.8 Å². The summed E-state index contributed by atoms with van der Waals surface area (Å²) in [5, 5.41) is 0. The van der Waals surface area contributed by atoms with Gasteiger partial charge in [0.05, 0.1) is 12.2 Å². The Balaban J connectivity index is 1.87. The van der Waals surface area contributed by atoms with Crippen molar-refractivity contribution < 1.29 is 18.0 Å². The van der Waals surface area contributed by atoms with Crippen molar-refractivity contribution in [1.82, 2.24) is 0 Å². The van der Waals surface area contributed by atoms with Crippen molar-refractivity contribution in [1.29, 1.82) is 0 Å². The van der Waals surface area contributed by atoms with Crippen LogP contribution < -0.4 is 0 Å². The molecule has 0 spiro atoms. The summed E-state index contributed by atoms with van der Waals surface area (Å²) < 4.78 is 21.6. The maximum absolute atomic E-state index is 5.40. The fourth-order valence-electron chi connectivity index (χ4n) is 2.37. The van der Waals surface area contributed by atoms with Crippen molar-refractivity contribution in [2.75, 3.05) is 21.3 Å². The van der Waals surface area contributed by atoms with Gasteiger partial charge in [-0.25, -0.2) is 0 Å². The Kier molecular flexibility index (Phi) is 2.95. The molecule has 0 N–H and O–H groups in total. The summed E-state index contributed by atoms with van der Waals surface area (Å²) in [4.78, 5) is 0. The third-order valence-corrected chi connectivity index (χ3v) is 6.23. The van der Waals surface area contributed by atoms with Gasteiger partial charge in [0, 0.05) is 27.4 Å². The van der Waals surface area contributed by atoms with E-state index >= 15 is 0 Å². The van der Waals surface area contributed by atoms with Crippen LogP contribution in [0.2, 0.25) is 6.04 Å². The fraction of sp³-hybridized carbons (Fsp3) is 1.00. The third-order valence-electron chi connectivity index (χ3n) is 3.29. The summed E-state index contributed by atoms with van der Waals surface area (Å²) in [6.45, 7) is 0. The quantitative estimate of drug-likeness (QED) is 0.511. The molecule has 1 saturated carbocycles. The lowest BCUT2D eigenvalue weighted by atomic mass is 10.1. The van der Waals surface area contributed by atoms with Gasteiger partial charge in [-0.1, -0.05) is 0 Å². The molecule has 1 aliphatic carbocycles. The monoisotopic (exact) mass is 218 g/mol. The van der Waals surface area contributed by atoms with E-state index in [2.05, 4.69) is 0 Å². The minimum atomic E-state index is -2.35. The normalized spacial score (nSPS) is 35.8. The number of rotatable bonds is 5. The molecule has 14 heavy (non-hydrogen) atoms. The van der Waals surface area contributed by atoms with E-state index in [4.69, 9.17) is 18.0 Å². The van der Waals surface area contributed by atoms with Crippen LogP contribution in [0.4, 0.5) is 0 Å². The maximum atomic E-state index is 5.40. The largest absolute Gasteiger partial charge is 0.500 e. The predicted molar refractivity (Wildman–Crippen MR) is 53.0 cm³/mol. The Labute approximate surface area is 85.9 Å². The smallest absolute Gasteiger partial charge is 0.377 e. The van der Waals surface area contributed by atoms with E-state index in [-0.39, 0.29) is 0 Å².